The predicted octanol–water partition coefficient (Wildman–Crippen LogP) is 4.60. The fourth-order valence-corrected chi connectivity index (χ4v) is 4.48. The second kappa shape index (κ2) is 10.3. The average molecular weight is 480 g/mol. The molecule has 182 valence electrons. The van der Waals surface area contributed by atoms with Crippen LogP contribution in [-0.4, -0.2) is 40.6 Å². The number of hydrogen-bond donors (Lipinski definition) is 1. The number of halogens is 2. The highest BCUT2D eigenvalue weighted by Crippen LogP contribution is 2.38. The van der Waals surface area contributed by atoms with Gasteiger partial charge >= 0.3 is 5.97 Å². The molecule has 0 fully saturated rings. The summed E-state index contributed by atoms with van der Waals surface area (Å²) in [7, 11) is 0. The molecule has 0 saturated heterocycles. The summed E-state index contributed by atoms with van der Waals surface area (Å²) in [5.41, 5.74) is 2.49. The Hall–Kier alpha value is -3.74. The topological polar surface area (TPSA) is 66.8 Å². The molecule has 35 heavy (non-hydrogen) atoms. The Balaban J connectivity index is 1.42. The minimum absolute atomic E-state index is 0.0496. The van der Waals surface area contributed by atoms with Crippen molar-refractivity contribution in [1.82, 2.24) is 4.90 Å². The quantitative estimate of drug-likeness (QED) is 0.487. The van der Waals surface area contributed by atoms with Crippen LogP contribution in [0.15, 0.2) is 66.7 Å². The first-order chi connectivity index (χ1) is 16.7. The summed E-state index contributed by atoms with van der Waals surface area (Å²) in [6.45, 7) is 1.74. The molecular weight excluding hydrogens is 452 g/mol. The van der Waals surface area contributed by atoms with Gasteiger partial charge in [0.05, 0.1) is 6.42 Å². The van der Waals surface area contributed by atoms with Crippen molar-refractivity contribution in [2.45, 2.75) is 38.2 Å². The number of amides is 1. The second-order valence-electron chi connectivity index (χ2n) is 9.20. The molecule has 0 bridgehead atoms. The lowest BCUT2D eigenvalue weighted by atomic mass is 9.91. The highest BCUT2D eigenvalue weighted by atomic mass is 19.1. The normalized spacial score (nSPS) is 16.4. The van der Waals surface area contributed by atoms with Crippen molar-refractivity contribution in [2.24, 2.45) is 0 Å². The number of carbonyl (C=O) groups is 2. The van der Waals surface area contributed by atoms with Crippen LogP contribution in [0.25, 0.3) is 0 Å². The van der Waals surface area contributed by atoms with E-state index in [0.29, 0.717) is 30.6 Å². The summed E-state index contributed by atoms with van der Waals surface area (Å²) in [6.07, 6.45) is 1.46. The number of carboxylic acid groups (broad SMARTS) is 1. The molecule has 0 spiro atoms. The number of carbonyl (C=O) groups excluding carboxylic acids is 1. The summed E-state index contributed by atoms with van der Waals surface area (Å²) in [5.74, 6) is -1.30. The highest BCUT2D eigenvalue weighted by Gasteiger charge is 2.35. The zero-order valence-corrected chi connectivity index (χ0v) is 19.5. The number of ether oxygens (including phenoxy) is 1. The van der Waals surface area contributed by atoms with E-state index in [9.17, 15) is 23.5 Å². The smallest absolute Gasteiger partial charge is 0.323 e. The summed E-state index contributed by atoms with van der Waals surface area (Å²) in [6, 6.07) is 18.1. The van der Waals surface area contributed by atoms with Gasteiger partial charge in [0.2, 0.25) is 5.91 Å². The Morgan fingerprint density at radius 2 is 1.74 bits per heavy atom. The van der Waals surface area contributed by atoms with Crippen molar-refractivity contribution in [3.8, 4) is 5.75 Å². The van der Waals surface area contributed by atoms with Gasteiger partial charge in [-0.2, -0.15) is 0 Å². The van der Waals surface area contributed by atoms with E-state index in [-0.39, 0.29) is 30.5 Å². The molecule has 3 aromatic carbocycles. The van der Waals surface area contributed by atoms with Gasteiger partial charge in [-0.3, -0.25) is 9.59 Å². The minimum atomic E-state index is -1.09. The van der Waals surface area contributed by atoms with Crippen molar-refractivity contribution in [3.63, 3.8) is 0 Å². The van der Waals surface area contributed by atoms with Gasteiger partial charge in [-0.1, -0.05) is 42.5 Å². The zero-order valence-electron chi connectivity index (χ0n) is 19.5. The van der Waals surface area contributed by atoms with E-state index in [1.165, 1.54) is 23.1 Å². The van der Waals surface area contributed by atoms with Gasteiger partial charge in [0.1, 0.15) is 29.5 Å². The van der Waals surface area contributed by atoms with E-state index in [1.807, 2.05) is 19.1 Å². The summed E-state index contributed by atoms with van der Waals surface area (Å²) >= 11 is 0. The van der Waals surface area contributed by atoms with Crippen molar-refractivity contribution in [1.29, 1.82) is 0 Å². The van der Waals surface area contributed by atoms with E-state index in [4.69, 9.17) is 4.74 Å². The predicted molar refractivity (Wildman–Crippen MR) is 127 cm³/mol. The van der Waals surface area contributed by atoms with Crippen LogP contribution < -0.4 is 4.74 Å². The molecule has 0 radical (unpaired) electrons. The summed E-state index contributed by atoms with van der Waals surface area (Å²) in [5, 5.41) is 9.27. The molecule has 1 unspecified atom stereocenters. The Labute approximate surface area is 203 Å². The third kappa shape index (κ3) is 6.23. The molecule has 4 rings (SSSR count). The molecule has 0 saturated carbocycles. The van der Waals surface area contributed by atoms with Crippen LogP contribution in [0.5, 0.6) is 5.75 Å². The van der Waals surface area contributed by atoms with Gasteiger partial charge in [-0.15, -0.1) is 0 Å². The fourth-order valence-electron chi connectivity index (χ4n) is 4.48. The molecule has 1 atom stereocenters. The standard InChI is InChI=1S/C28H27F2NO4/c1-28(16-21-4-2-3-5-24(21)30)17-22-14-20(8-11-25(22)35-28)15-26(32)31(18-27(33)34)13-12-19-6-9-23(29)10-7-19/h2-11,14H,12-13,15-18H2,1H3,(H,33,34). The Bertz CT molecular complexity index is 1230. The number of fused-ring (bicyclic) bond motifs is 1. The molecule has 3 aromatic rings. The lowest BCUT2D eigenvalue weighted by Crippen LogP contribution is -2.38. The van der Waals surface area contributed by atoms with Crippen LogP contribution in [0.2, 0.25) is 0 Å². The van der Waals surface area contributed by atoms with Gasteiger partial charge in [0, 0.05) is 19.4 Å². The SMILES string of the molecule is CC1(Cc2ccccc2F)Cc2cc(CC(=O)N(CCc3ccc(F)cc3)CC(=O)O)ccc2O1. The monoisotopic (exact) mass is 479 g/mol. The van der Waals surface area contributed by atoms with Crippen LogP contribution >= 0.6 is 0 Å². The lowest BCUT2D eigenvalue weighted by molar-refractivity contribution is -0.144. The first-order valence-electron chi connectivity index (χ1n) is 11.5. The highest BCUT2D eigenvalue weighted by molar-refractivity contribution is 5.83. The maximum Gasteiger partial charge on any atom is 0.323 e. The Morgan fingerprint density at radius 1 is 1.03 bits per heavy atom. The third-order valence-electron chi connectivity index (χ3n) is 6.19. The number of aliphatic carboxylic acids is 1. The third-order valence-corrected chi connectivity index (χ3v) is 6.19. The molecule has 5 nitrogen and oxygen atoms in total. The van der Waals surface area contributed by atoms with E-state index >= 15 is 0 Å². The number of benzene rings is 3. The van der Waals surface area contributed by atoms with Gasteiger partial charge in [0.25, 0.3) is 0 Å². The molecule has 1 aliphatic rings. The van der Waals surface area contributed by atoms with Crippen molar-refractivity contribution in [3.05, 3.63) is 101 Å². The van der Waals surface area contributed by atoms with Crippen LogP contribution in [0, 0.1) is 11.6 Å². The first kappa shape index (κ1) is 24.4. The zero-order chi connectivity index (χ0) is 25.0. The van der Waals surface area contributed by atoms with Gasteiger partial charge < -0.3 is 14.7 Å². The number of carboxylic acids is 1. The van der Waals surface area contributed by atoms with E-state index < -0.39 is 18.1 Å². The van der Waals surface area contributed by atoms with Gasteiger partial charge in [-0.25, -0.2) is 8.78 Å². The van der Waals surface area contributed by atoms with Crippen LogP contribution in [-0.2, 0) is 35.3 Å². The fraction of sp³-hybridized carbons (Fsp3) is 0.286. The molecule has 0 aromatic heterocycles. The molecule has 1 aliphatic heterocycles. The number of nitrogens with zero attached hydrogens (tertiary/aromatic N) is 1. The molecule has 1 N–H and O–H groups in total. The molecule has 0 aliphatic carbocycles. The minimum Gasteiger partial charge on any atom is -0.487 e. The van der Waals surface area contributed by atoms with Crippen molar-refractivity contribution in [2.75, 3.05) is 13.1 Å². The maximum absolute atomic E-state index is 14.1. The molecular formula is C28H27F2NO4. The average Bonchev–Trinajstić information content (AvgIpc) is 3.14. The van der Waals surface area contributed by atoms with Gasteiger partial charge in [-0.05, 0) is 59.9 Å². The van der Waals surface area contributed by atoms with Crippen LogP contribution in [0.1, 0.15) is 29.2 Å². The van der Waals surface area contributed by atoms with E-state index in [1.54, 1.807) is 36.4 Å². The summed E-state index contributed by atoms with van der Waals surface area (Å²) < 4.78 is 33.4. The molecule has 7 heteroatoms. The Morgan fingerprint density at radius 3 is 2.46 bits per heavy atom. The van der Waals surface area contributed by atoms with Gasteiger partial charge in [0.15, 0.2) is 0 Å². The second-order valence-corrected chi connectivity index (χ2v) is 9.20. The first-order valence-corrected chi connectivity index (χ1v) is 11.5. The molecule has 1 amide bonds. The summed E-state index contributed by atoms with van der Waals surface area (Å²) in [4.78, 5) is 25.6. The largest absolute Gasteiger partial charge is 0.487 e. The molecule has 1 heterocycles. The van der Waals surface area contributed by atoms with Crippen LogP contribution in [0.4, 0.5) is 8.78 Å². The maximum atomic E-state index is 14.1. The van der Waals surface area contributed by atoms with Crippen molar-refractivity contribution < 1.29 is 28.2 Å². The number of hydrogen-bond acceptors (Lipinski definition) is 3. The van der Waals surface area contributed by atoms with E-state index in [2.05, 4.69) is 0 Å². The Kier molecular flexibility index (Phi) is 7.15. The van der Waals surface area contributed by atoms with Crippen molar-refractivity contribution >= 4 is 11.9 Å². The number of rotatable bonds is 9. The lowest BCUT2D eigenvalue weighted by Gasteiger charge is -2.24. The van der Waals surface area contributed by atoms with Crippen LogP contribution in [0.3, 0.4) is 0 Å². The van der Waals surface area contributed by atoms with E-state index in [0.717, 1.165) is 16.7 Å².